The number of ether oxygens (including phenoxy) is 1. The smallest absolute Gasteiger partial charge is 0.445 e. The van der Waals surface area contributed by atoms with E-state index in [2.05, 4.69) is 10.6 Å². The van der Waals surface area contributed by atoms with E-state index in [1.807, 2.05) is 58.0 Å². The van der Waals surface area contributed by atoms with Gasteiger partial charge in [-0.2, -0.15) is 0 Å². The molecule has 0 aliphatic carbocycles. The lowest BCUT2D eigenvalue weighted by Gasteiger charge is -2.35. The van der Waals surface area contributed by atoms with Crippen LogP contribution in [0.2, 0.25) is 0 Å². The first kappa shape index (κ1) is 27.7. The van der Waals surface area contributed by atoms with Crippen LogP contribution in [0, 0.1) is 11.8 Å². The molecule has 1 saturated heterocycles. The Morgan fingerprint density at radius 2 is 1.82 bits per heavy atom. The zero-order valence-corrected chi connectivity index (χ0v) is 20.8. The molecule has 1 aliphatic heterocycles. The molecule has 188 valence electrons. The Bertz CT molecular complexity index is 835. The predicted octanol–water partition coefficient (Wildman–Crippen LogP) is 1.86. The van der Waals surface area contributed by atoms with Gasteiger partial charge in [-0.15, -0.1) is 0 Å². The number of nitrogens with zero attached hydrogens (tertiary/aromatic N) is 1. The maximum atomic E-state index is 13.7. The summed E-state index contributed by atoms with van der Waals surface area (Å²) in [5.74, 6) is -1.73. The number of benzene rings is 1. The number of hydrogen-bond acceptors (Lipinski definition) is 6. The van der Waals surface area contributed by atoms with Crippen molar-refractivity contribution in [2.75, 3.05) is 6.54 Å². The molecule has 1 aromatic rings. The third kappa shape index (κ3) is 6.73. The van der Waals surface area contributed by atoms with Gasteiger partial charge in [0.1, 0.15) is 18.2 Å². The molecule has 34 heavy (non-hydrogen) atoms. The monoisotopic (exact) mass is 475 g/mol. The molecule has 1 fully saturated rings. The molecule has 3 atom stereocenters. The highest BCUT2D eigenvalue weighted by Gasteiger charge is 2.53. The first-order chi connectivity index (χ1) is 16.0. The second kappa shape index (κ2) is 12.2. The number of amides is 3. The van der Waals surface area contributed by atoms with Crippen LogP contribution in [0.4, 0.5) is 4.79 Å². The van der Waals surface area contributed by atoms with Crippen LogP contribution in [0.25, 0.3) is 0 Å². The molecule has 0 radical (unpaired) electrons. The second-order valence-corrected chi connectivity index (χ2v) is 9.64. The molecule has 1 unspecified atom stereocenters. The number of hydrogen-bond donors (Lipinski definition) is 4. The van der Waals surface area contributed by atoms with Crippen molar-refractivity contribution < 1.29 is 29.2 Å². The van der Waals surface area contributed by atoms with Crippen molar-refractivity contribution in [1.29, 1.82) is 0 Å². The van der Waals surface area contributed by atoms with E-state index in [0.717, 1.165) is 5.56 Å². The molecule has 10 heteroatoms. The Morgan fingerprint density at radius 3 is 2.35 bits per heavy atom. The summed E-state index contributed by atoms with van der Waals surface area (Å²) >= 11 is 0. The van der Waals surface area contributed by atoms with Gasteiger partial charge >= 0.3 is 13.2 Å². The highest BCUT2D eigenvalue weighted by Crippen LogP contribution is 2.33. The standard InChI is InChI=1S/C24H38BN3O6/c1-6-20(25(32)33)26-21(29)19(14-16(2)3)28-13-12-24(17(4)5,22(28)30)27-23(31)34-15-18-10-8-7-9-11-18/h7-11,16-17,19-20,32-33H,6,12-15H2,1-5H3,(H,26,29)(H,27,31)/t19-,20-,24?/m0/s1. The predicted molar refractivity (Wildman–Crippen MR) is 129 cm³/mol. The zero-order valence-electron chi connectivity index (χ0n) is 20.8. The van der Waals surface area contributed by atoms with Crippen LogP contribution in [-0.4, -0.2) is 64.0 Å². The van der Waals surface area contributed by atoms with Crippen molar-refractivity contribution >= 4 is 25.0 Å². The van der Waals surface area contributed by atoms with Crippen molar-refractivity contribution in [3.05, 3.63) is 35.9 Å². The van der Waals surface area contributed by atoms with Crippen LogP contribution < -0.4 is 10.6 Å². The van der Waals surface area contributed by atoms with Crippen molar-refractivity contribution in [1.82, 2.24) is 15.5 Å². The van der Waals surface area contributed by atoms with Crippen LogP contribution in [0.5, 0.6) is 0 Å². The van der Waals surface area contributed by atoms with Crippen molar-refractivity contribution in [2.24, 2.45) is 11.8 Å². The van der Waals surface area contributed by atoms with Crippen LogP contribution in [0.15, 0.2) is 30.3 Å². The maximum Gasteiger partial charge on any atom is 0.475 e. The molecular weight excluding hydrogens is 437 g/mol. The fourth-order valence-corrected chi connectivity index (χ4v) is 4.28. The molecule has 3 amide bonds. The van der Waals surface area contributed by atoms with Crippen LogP contribution >= 0.6 is 0 Å². The summed E-state index contributed by atoms with van der Waals surface area (Å²) in [6, 6.07) is 8.47. The molecule has 4 N–H and O–H groups in total. The van der Waals surface area contributed by atoms with Crippen LogP contribution in [-0.2, 0) is 20.9 Å². The molecule has 1 aliphatic rings. The number of carbonyl (C=O) groups excluding carboxylic acids is 3. The average Bonchev–Trinajstić information content (AvgIpc) is 3.11. The minimum Gasteiger partial charge on any atom is -0.445 e. The summed E-state index contributed by atoms with van der Waals surface area (Å²) in [5.41, 5.74) is -0.356. The lowest BCUT2D eigenvalue weighted by molar-refractivity contribution is -0.142. The maximum absolute atomic E-state index is 13.7. The third-order valence-electron chi connectivity index (χ3n) is 6.41. The largest absolute Gasteiger partial charge is 0.475 e. The number of alkyl carbamates (subject to hydrolysis) is 1. The molecular formula is C24H38BN3O6. The first-order valence-corrected chi connectivity index (χ1v) is 12.0. The molecule has 1 aromatic carbocycles. The topological polar surface area (TPSA) is 128 Å². The van der Waals surface area contributed by atoms with Gasteiger partial charge in [-0.1, -0.05) is 65.0 Å². The number of carbonyl (C=O) groups is 3. The zero-order chi connectivity index (χ0) is 25.5. The lowest BCUT2D eigenvalue weighted by atomic mass is 9.77. The highest BCUT2D eigenvalue weighted by molar-refractivity contribution is 6.43. The molecule has 0 bridgehead atoms. The van der Waals surface area contributed by atoms with Gasteiger partial charge in [-0.05, 0) is 36.7 Å². The van der Waals surface area contributed by atoms with E-state index in [0.29, 0.717) is 25.8 Å². The van der Waals surface area contributed by atoms with Gasteiger partial charge in [-0.3, -0.25) is 9.59 Å². The van der Waals surface area contributed by atoms with Crippen molar-refractivity contribution in [3.63, 3.8) is 0 Å². The van der Waals surface area contributed by atoms with Gasteiger partial charge in [0.2, 0.25) is 11.8 Å². The van der Waals surface area contributed by atoms with Gasteiger partial charge < -0.3 is 30.3 Å². The van der Waals surface area contributed by atoms with Gasteiger partial charge in [0, 0.05) is 6.54 Å². The Kier molecular flexibility index (Phi) is 9.94. The summed E-state index contributed by atoms with van der Waals surface area (Å²) < 4.78 is 5.36. The van der Waals surface area contributed by atoms with Gasteiger partial charge in [0.05, 0.1) is 5.94 Å². The quantitative estimate of drug-likeness (QED) is 0.362. The molecule has 2 rings (SSSR count). The van der Waals surface area contributed by atoms with Crippen molar-refractivity contribution in [3.8, 4) is 0 Å². The number of nitrogens with one attached hydrogen (secondary N) is 2. The lowest BCUT2D eigenvalue weighted by Crippen LogP contribution is -2.60. The van der Waals surface area contributed by atoms with E-state index in [9.17, 15) is 24.4 Å². The average molecular weight is 475 g/mol. The van der Waals surface area contributed by atoms with E-state index in [1.54, 1.807) is 6.92 Å². The molecule has 1 heterocycles. The molecule has 0 spiro atoms. The first-order valence-electron chi connectivity index (χ1n) is 12.0. The second-order valence-electron chi connectivity index (χ2n) is 9.64. The normalized spacial score (nSPS) is 19.8. The summed E-state index contributed by atoms with van der Waals surface area (Å²) in [6.07, 6.45) is 0.386. The summed E-state index contributed by atoms with van der Waals surface area (Å²) in [4.78, 5) is 40.9. The fraction of sp³-hybridized carbons (Fsp3) is 0.625. The Hall–Kier alpha value is -2.59. The van der Waals surface area contributed by atoms with Gasteiger partial charge in [-0.25, -0.2) is 4.79 Å². The SMILES string of the molecule is CC[C@H](NC(=O)[C@H](CC(C)C)N1CCC(NC(=O)OCc2ccccc2)(C(C)C)C1=O)B(O)O. The Morgan fingerprint density at radius 1 is 1.18 bits per heavy atom. The molecule has 0 aromatic heterocycles. The summed E-state index contributed by atoms with van der Waals surface area (Å²) in [6.45, 7) is 9.72. The fourth-order valence-electron chi connectivity index (χ4n) is 4.28. The molecule has 0 saturated carbocycles. The van der Waals surface area contributed by atoms with Gasteiger partial charge in [0.15, 0.2) is 0 Å². The number of rotatable bonds is 11. The summed E-state index contributed by atoms with van der Waals surface area (Å²) in [5, 5.41) is 24.5. The van der Waals surface area contributed by atoms with Crippen LogP contribution in [0.3, 0.4) is 0 Å². The Balaban J connectivity index is 2.18. The van der Waals surface area contributed by atoms with Crippen molar-refractivity contribution in [2.45, 2.75) is 78.0 Å². The highest BCUT2D eigenvalue weighted by atomic mass is 16.5. The van der Waals surface area contributed by atoms with Crippen LogP contribution in [0.1, 0.15) is 59.4 Å². The Labute approximate surface area is 202 Å². The van der Waals surface area contributed by atoms with E-state index >= 15 is 0 Å². The van der Waals surface area contributed by atoms with E-state index in [1.165, 1.54) is 4.90 Å². The number of likely N-dealkylation sites (tertiary alicyclic amines) is 1. The minimum absolute atomic E-state index is 0.0824. The van der Waals surface area contributed by atoms with E-state index in [-0.39, 0.29) is 24.3 Å². The van der Waals surface area contributed by atoms with Gasteiger partial charge in [0.25, 0.3) is 0 Å². The van der Waals surface area contributed by atoms with E-state index in [4.69, 9.17) is 4.74 Å². The van der Waals surface area contributed by atoms with E-state index < -0.39 is 36.6 Å². The minimum atomic E-state index is -1.70. The summed E-state index contributed by atoms with van der Waals surface area (Å²) in [7, 11) is -1.70. The third-order valence-corrected chi connectivity index (χ3v) is 6.41. The molecule has 9 nitrogen and oxygen atoms in total.